The predicted molar refractivity (Wildman–Crippen MR) is 58.3 cm³/mol. The van der Waals surface area contributed by atoms with E-state index in [1.165, 1.54) is 0 Å². The zero-order chi connectivity index (χ0) is 14.4. The first-order valence-electron chi connectivity index (χ1n) is 4.55. The van der Waals surface area contributed by atoms with Crippen molar-refractivity contribution in [2.24, 2.45) is 0 Å². The van der Waals surface area contributed by atoms with Crippen LogP contribution in [0, 0.1) is 0 Å². The molecule has 102 valence electrons. The summed E-state index contributed by atoms with van der Waals surface area (Å²) in [5, 5.41) is 10.4. The Balaban J connectivity index is 0. The summed E-state index contributed by atoms with van der Waals surface area (Å²) < 4.78 is 31.6. The fourth-order valence-electron chi connectivity index (χ4n) is 0.638. The van der Waals surface area contributed by atoms with Crippen LogP contribution in [0.4, 0.5) is 0 Å². The van der Waals surface area contributed by atoms with E-state index in [-0.39, 0.29) is 11.6 Å². The van der Waals surface area contributed by atoms with Crippen molar-refractivity contribution in [3.8, 4) is 0 Å². The lowest BCUT2D eigenvalue weighted by atomic mass is 10.1. The van der Waals surface area contributed by atoms with Gasteiger partial charge in [0.1, 0.15) is 6.04 Å². The van der Waals surface area contributed by atoms with E-state index in [4.69, 9.17) is 0 Å². The molecule has 1 atom stereocenters. The third-order valence-corrected chi connectivity index (χ3v) is 2.54. The summed E-state index contributed by atoms with van der Waals surface area (Å²) in [6.07, 6.45) is 0. The molecular formula is C9H18NO6S-. The Bertz CT molecular complexity index is 367. The first-order chi connectivity index (χ1) is 7.33. The lowest BCUT2D eigenvalue weighted by Gasteiger charge is -2.33. The van der Waals surface area contributed by atoms with Gasteiger partial charge in [-0.2, -0.15) is 0 Å². The van der Waals surface area contributed by atoms with Gasteiger partial charge in [-0.3, -0.25) is 4.18 Å². The van der Waals surface area contributed by atoms with E-state index >= 15 is 0 Å². The maximum atomic E-state index is 10.4. The average Bonchev–Trinajstić information content (AvgIpc) is 2.13. The molecule has 8 heteroatoms. The maximum absolute atomic E-state index is 10.4. The van der Waals surface area contributed by atoms with Crippen LogP contribution in [0.25, 0.3) is 0 Å². The number of aliphatic carboxylic acids is 1. The monoisotopic (exact) mass is 268 g/mol. The van der Waals surface area contributed by atoms with Gasteiger partial charge in [-0.15, -0.1) is 0 Å². The van der Waals surface area contributed by atoms with Crippen molar-refractivity contribution < 1.29 is 31.5 Å². The van der Waals surface area contributed by atoms with Crippen molar-refractivity contribution in [2.45, 2.75) is 13.0 Å². The quantitative estimate of drug-likeness (QED) is 0.265. The van der Waals surface area contributed by atoms with Crippen LogP contribution in [-0.4, -0.2) is 57.7 Å². The van der Waals surface area contributed by atoms with Crippen molar-refractivity contribution in [1.29, 1.82) is 0 Å². The molecule has 0 amide bonds. The molecule has 0 saturated carbocycles. The van der Waals surface area contributed by atoms with Gasteiger partial charge < -0.3 is 18.9 Å². The Hall–Kier alpha value is -0.960. The smallest absolute Gasteiger partial charge is 0.217 e. The Kier molecular flexibility index (Phi) is 7.25. The Morgan fingerprint density at radius 3 is 1.71 bits per heavy atom. The molecule has 0 aromatic rings. The summed E-state index contributed by atoms with van der Waals surface area (Å²) in [5.41, 5.74) is 0.150. The summed E-state index contributed by atoms with van der Waals surface area (Å²) in [6, 6.07) is -0.111. The zero-order valence-corrected chi connectivity index (χ0v) is 11.4. The molecule has 0 heterocycles. The zero-order valence-electron chi connectivity index (χ0n) is 10.6. The molecule has 0 spiro atoms. The largest absolute Gasteiger partial charge is 0.726 e. The third-order valence-electron chi connectivity index (χ3n) is 2.13. The van der Waals surface area contributed by atoms with Crippen LogP contribution in [0.5, 0.6) is 0 Å². The number of quaternary nitrogens is 1. The number of likely N-dealkylation sites (N-methyl/N-ethyl adjacent to an activating group) is 1. The van der Waals surface area contributed by atoms with Crippen LogP contribution in [0.2, 0.25) is 0 Å². The lowest BCUT2D eigenvalue weighted by Crippen LogP contribution is -2.47. The first kappa shape index (κ1) is 18.4. The minimum Gasteiger partial charge on any atom is -0.726 e. The molecule has 0 saturated heterocycles. The lowest BCUT2D eigenvalue weighted by molar-refractivity contribution is -0.888. The first-order valence-corrected chi connectivity index (χ1v) is 5.89. The van der Waals surface area contributed by atoms with Crippen molar-refractivity contribution in [3.05, 3.63) is 12.2 Å². The number of hydrogen-bond donors (Lipinski definition) is 0. The van der Waals surface area contributed by atoms with Gasteiger partial charge in [0, 0.05) is 5.57 Å². The highest BCUT2D eigenvalue weighted by molar-refractivity contribution is 7.80. The summed E-state index contributed by atoms with van der Waals surface area (Å²) in [7, 11) is 2.14. The van der Waals surface area contributed by atoms with Crippen LogP contribution in [-0.2, 0) is 19.4 Å². The van der Waals surface area contributed by atoms with E-state index in [0.29, 0.717) is 4.48 Å². The molecule has 0 rings (SSSR count). The van der Waals surface area contributed by atoms with Gasteiger partial charge in [0.25, 0.3) is 0 Å². The van der Waals surface area contributed by atoms with E-state index in [9.17, 15) is 22.9 Å². The van der Waals surface area contributed by atoms with E-state index in [1.807, 2.05) is 28.1 Å². The normalized spacial score (nSPS) is 13.3. The highest BCUT2D eigenvalue weighted by Crippen LogP contribution is 2.09. The summed E-state index contributed by atoms with van der Waals surface area (Å²) in [4.78, 5) is 10.4. The molecule has 0 fully saturated rings. The predicted octanol–water partition coefficient (Wildman–Crippen LogP) is -1.52. The van der Waals surface area contributed by atoms with Crippen LogP contribution >= 0.6 is 0 Å². The molecule has 0 N–H and O–H groups in total. The van der Waals surface area contributed by atoms with Gasteiger partial charge in [0.05, 0.1) is 34.2 Å². The fourth-order valence-corrected chi connectivity index (χ4v) is 0.638. The summed E-state index contributed by atoms with van der Waals surface area (Å²) in [6.45, 7) is 5.26. The standard InChI is InChI=1S/C8H15NO2.CH4O4S/c1-6(8(10)11)7(2)9(3,4)5;1-5-6(2,3)4/h7H,1H2,2-5H3;1H3,(H,2,3,4)/p-1. The van der Waals surface area contributed by atoms with Gasteiger partial charge in [-0.25, -0.2) is 8.42 Å². The fraction of sp³-hybridized carbons (Fsp3) is 0.667. The van der Waals surface area contributed by atoms with Gasteiger partial charge in [-0.1, -0.05) is 6.58 Å². The van der Waals surface area contributed by atoms with Crippen LogP contribution < -0.4 is 5.11 Å². The number of rotatable bonds is 4. The number of nitrogens with zero attached hydrogens (tertiary/aromatic N) is 1. The van der Waals surface area contributed by atoms with Crippen molar-refractivity contribution in [2.75, 3.05) is 28.3 Å². The van der Waals surface area contributed by atoms with E-state index in [0.717, 1.165) is 7.11 Å². The molecule has 0 aliphatic carbocycles. The average molecular weight is 268 g/mol. The molecule has 0 radical (unpaired) electrons. The molecule has 0 aromatic carbocycles. The molecule has 0 aliphatic rings. The highest BCUT2D eigenvalue weighted by atomic mass is 32.3. The van der Waals surface area contributed by atoms with Crippen LogP contribution in [0.3, 0.4) is 0 Å². The number of carboxylic acids is 1. The summed E-state index contributed by atoms with van der Waals surface area (Å²) in [5.74, 6) is -1.16. The molecule has 0 bridgehead atoms. The second kappa shape index (κ2) is 6.70. The molecule has 7 nitrogen and oxygen atoms in total. The third kappa shape index (κ3) is 9.94. The minimum atomic E-state index is -4.41. The van der Waals surface area contributed by atoms with Gasteiger partial charge in [0.2, 0.25) is 10.4 Å². The Morgan fingerprint density at radius 1 is 1.35 bits per heavy atom. The molecule has 0 aromatic heterocycles. The van der Waals surface area contributed by atoms with Crippen LogP contribution in [0.1, 0.15) is 6.92 Å². The van der Waals surface area contributed by atoms with E-state index < -0.39 is 16.4 Å². The van der Waals surface area contributed by atoms with E-state index in [1.54, 1.807) is 0 Å². The highest BCUT2D eigenvalue weighted by Gasteiger charge is 2.21. The molecule has 1 unspecified atom stereocenters. The number of carbonyl (C=O) groups excluding carboxylic acids is 1. The Labute approximate surface area is 102 Å². The molecule has 17 heavy (non-hydrogen) atoms. The topological polar surface area (TPSA) is 107 Å². The SMILES string of the molecule is C=C(C(=O)[O-])C(C)[N+](C)(C)C.COS(=O)(=O)[O-]. The van der Waals surface area contributed by atoms with Crippen LogP contribution in [0.15, 0.2) is 12.2 Å². The van der Waals surface area contributed by atoms with Crippen molar-refractivity contribution in [3.63, 3.8) is 0 Å². The second-order valence-corrected chi connectivity index (χ2v) is 5.33. The molecule has 0 aliphatic heterocycles. The minimum absolute atomic E-state index is 0.111. The number of carbonyl (C=O) groups is 1. The van der Waals surface area contributed by atoms with Gasteiger partial charge in [-0.05, 0) is 6.92 Å². The Morgan fingerprint density at radius 2 is 1.65 bits per heavy atom. The van der Waals surface area contributed by atoms with Crippen molar-refractivity contribution >= 4 is 16.4 Å². The van der Waals surface area contributed by atoms with E-state index in [2.05, 4.69) is 10.8 Å². The summed E-state index contributed by atoms with van der Waals surface area (Å²) >= 11 is 0. The molecular weight excluding hydrogens is 250 g/mol. The van der Waals surface area contributed by atoms with Gasteiger partial charge in [0.15, 0.2) is 0 Å². The maximum Gasteiger partial charge on any atom is 0.217 e. The second-order valence-electron chi connectivity index (χ2n) is 4.18. The van der Waals surface area contributed by atoms with Gasteiger partial charge >= 0.3 is 0 Å². The number of carboxylic acid groups (broad SMARTS) is 1. The van der Waals surface area contributed by atoms with Crippen molar-refractivity contribution in [1.82, 2.24) is 0 Å². The number of hydrogen-bond acceptors (Lipinski definition) is 6.